The SMILES string of the molecule is CN(Cc1ccsc1)C(=O)[C@@H]1CCC[C@@H]1C(=O)O. The third kappa shape index (κ3) is 2.72. The van der Waals surface area contributed by atoms with Gasteiger partial charge in [0, 0.05) is 13.6 Å². The van der Waals surface area contributed by atoms with Gasteiger partial charge in [0.25, 0.3) is 0 Å². The number of rotatable bonds is 4. The van der Waals surface area contributed by atoms with Crippen LogP contribution in [0.3, 0.4) is 0 Å². The Labute approximate surface area is 110 Å². The summed E-state index contributed by atoms with van der Waals surface area (Å²) in [4.78, 5) is 25.0. The van der Waals surface area contributed by atoms with Gasteiger partial charge in [0.15, 0.2) is 0 Å². The number of hydrogen-bond acceptors (Lipinski definition) is 3. The van der Waals surface area contributed by atoms with E-state index in [0.29, 0.717) is 19.4 Å². The van der Waals surface area contributed by atoms with Crippen LogP contribution in [0.4, 0.5) is 0 Å². The molecule has 1 heterocycles. The van der Waals surface area contributed by atoms with E-state index >= 15 is 0 Å². The summed E-state index contributed by atoms with van der Waals surface area (Å²) in [5.74, 6) is -1.71. The molecule has 1 N–H and O–H groups in total. The van der Waals surface area contributed by atoms with E-state index in [0.717, 1.165) is 12.0 Å². The summed E-state index contributed by atoms with van der Waals surface area (Å²) in [6.07, 6.45) is 2.15. The topological polar surface area (TPSA) is 57.6 Å². The average Bonchev–Trinajstić information content (AvgIpc) is 2.97. The predicted octanol–water partition coefficient (Wildman–Crippen LogP) is 2.21. The molecule has 0 spiro atoms. The normalized spacial score (nSPS) is 22.9. The van der Waals surface area contributed by atoms with Crippen molar-refractivity contribution < 1.29 is 14.7 Å². The fraction of sp³-hybridized carbons (Fsp3) is 0.538. The number of carboxylic acid groups (broad SMARTS) is 1. The second-order valence-corrected chi connectivity index (χ2v) is 5.59. The molecule has 0 unspecified atom stereocenters. The molecule has 4 nitrogen and oxygen atoms in total. The van der Waals surface area contributed by atoms with Crippen molar-refractivity contribution in [3.05, 3.63) is 22.4 Å². The lowest BCUT2D eigenvalue weighted by molar-refractivity contribution is -0.148. The first-order chi connectivity index (χ1) is 8.59. The lowest BCUT2D eigenvalue weighted by Crippen LogP contribution is -2.36. The summed E-state index contributed by atoms with van der Waals surface area (Å²) in [5.41, 5.74) is 1.10. The van der Waals surface area contributed by atoms with Crippen molar-refractivity contribution >= 4 is 23.2 Å². The van der Waals surface area contributed by atoms with Crippen molar-refractivity contribution in [3.63, 3.8) is 0 Å². The number of carboxylic acids is 1. The van der Waals surface area contributed by atoms with Crippen LogP contribution in [0.1, 0.15) is 24.8 Å². The van der Waals surface area contributed by atoms with Crippen molar-refractivity contribution in [2.24, 2.45) is 11.8 Å². The van der Waals surface area contributed by atoms with Gasteiger partial charge in [-0.25, -0.2) is 0 Å². The van der Waals surface area contributed by atoms with Gasteiger partial charge >= 0.3 is 5.97 Å². The van der Waals surface area contributed by atoms with E-state index in [1.54, 1.807) is 23.3 Å². The summed E-state index contributed by atoms with van der Waals surface area (Å²) < 4.78 is 0. The number of hydrogen-bond donors (Lipinski definition) is 1. The van der Waals surface area contributed by atoms with E-state index in [9.17, 15) is 9.59 Å². The van der Waals surface area contributed by atoms with E-state index in [4.69, 9.17) is 5.11 Å². The number of aliphatic carboxylic acids is 1. The molecule has 0 saturated heterocycles. The molecule has 2 rings (SSSR count). The van der Waals surface area contributed by atoms with E-state index in [1.807, 2.05) is 16.8 Å². The number of amides is 1. The van der Waals surface area contributed by atoms with Crippen LogP contribution in [0.2, 0.25) is 0 Å². The first-order valence-electron chi connectivity index (χ1n) is 6.08. The molecular weight excluding hydrogens is 250 g/mol. The predicted molar refractivity (Wildman–Crippen MR) is 69.3 cm³/mol. The lowest BCUT2D eigenvalue weighted by atomic mass is 9.95. The number of carbonyl (C=O) groups is 2. The minimum Gasteiger partial charge on any atom is -0.481 e. The zero-order valence-electron chi connectivity index (χ0n) is 10.3. The zero-order valence-corrected chi connectivity index (χ0v) is 11.2. The second kappa shape index (κ2) is 5.52. The highest BCUT2D eigenvalue weighted by Crippen LogP contribution is 2.33. The van der Waals surface area contributed by atoms with Gasteiger partial charge in [-0.2, -0.15) is 11.3 Å². The highest BCUT2D eigenvalue weighted by Gasteiger charge is 2.38. The molecule has 2 atom stereocenters. The van der Waals surface area contributed by atoms with Crippen molar-refractivity contribution in [1.29, 1.82) is 0 Å². The Hall–Kier alpha value is -1.36. The maximum absolute atomic E-state index is 12.3. The fourth-order valence-corrected chi connectivity index (χ4v) is 3.23. The minimum atomic E-state index is -0.838. The molecule has 1 amide bonds. The molecule has 1 aliphatic carbocycles. The number of carbonyl (C=O) groups excluding carboxylic acids is 1. The summed E-state index contributed by atoms with van der Waals surface area (Å²) >= 11 is 1.60. The van der Waals surface area contributed by atoms with Crippen LogP contribution in [-0.2, 0) is 16.1 Å². The second-order valence-electron chi connectivity index (χ2n) is 4.81. The Morgan fingerprint density at radius 2 is 2.17 bits per heavy atom. The van der Waals surface area contributed by atoms with Gasteiger partial charge in [0.2, 0.25) is 5.91 Å². The Bertz CT molecular complexity index is 429. The molecule has 0 aromatic carbocycles. The van der Waals surface area contributed by atoms with Crippen LogP contribution in [0, 0.1) is 11.8 Å². The van der Waals surface area contributed by atoms with Gasteiger partial charge in [0.05, 0.1) is 11.8 Å². The van der Waals surface area contributed by atoms with Gasteiger partial charge in [-0.3, -0.25) is 9.59 Å². The largest absolute Gasteiger partial charge is 0.481 e. The minimum absolute atomic E-state index is 0.0360. The lowest BCUT2D eigenvalue weighted by Gasteiger charge is -2.23. The molecule has 1 saturated carbocycles. The molecule has 0 bridgehead atoms. The summed E-state index contributed by atoms with van der Waals surface area (Å²) in [6, 6.07) is 1.98. The van der Waals surface area contributed by atoms with Crippen molar-refractivity contribution in [3.8, 4) is 0 Å². The first kappa shape index (κ1) is 13.1. The monoisotopic (exact) mass is 267 g/mol. The van der Waals surface area contributed by atoms with Crippen LogP contribution in [0.25, 0.3) is 0 Å². The Morgan fingerprint density at radius 1 is 1.44 bits per heavy atom. The van der Waals surface area contributed by atoms with Gasteiger partial charge < -0.3 is 10.0 Å². The molecule has 1 aromatic heterocycles. The first-order valence-corrected chi connectivity index (χ1v) is 7.02. The van der Waals surface area contributed by atoms with E-state index in [-0.39, 0.29) is 11.8 Å². The molecule has 1 aliphatic rings. The van der Waals surface area contributed by atoms with Gasteiger partial charge in [-0.1, -0.05) is 6.42 Å². The van der Waals surface area contributed by atoms with Crippen molar-refractivity contribution in [2.75, 3.05) is 7.05 Å². The number of nitrogens with zero attached hydrogens (tertiary/aromatic N) is 1. The van der Waals surface area contributed by atoms with E-state index in [1.165, 1.54) is 0 Å². The maximum Gasteiger partial charge on any atom is 0.307 e. The molecule has 0 radical (unpaired) electrons. The molecule has 0 aliphatic heterocycles. The van der Waals surface area contributed by atoms with E-state index < -0.39 is 11.9 Å². The van der Waals surface area contributed by atoms with Crippen LogP contribution in [0.15, 0.2) is 16.8 Å². The molecule has 18 heavy (non-hydrogen) atoms. The van der Waals surface area contributed by atoms with Crippen molar-refractivity contribution in [2.45, 2.75) is 25.8 Å². The van der Waals surface area contributed by atoms with Crippen LogP contribution >= 0.6 is 11.3 Å². The van der Waals surface area contributed by atoms with Crippen LogP contribution < -0.4 is 0 Å². The average molecular weight is 267 g/mol. The maximum atomic E-state index is 12.3. The Kier molecular flexibility index (Phi) is 4.01. The fourth-order valence-electron chi connectivity index (χ4n) is 2.57. The summed E-state index contributed by atoms with van der Waals surface area (Å²) in [5, 5.41) is 13.1. The Balaban J connectivity index is 1.99. The van der Waals surface area contributed by atoms with Crippen molar-refractivity contribution in [1.82, 2.24) is 4.90 Å². The third-order valence-corrected chi connectivity index (χ3v) is 4.26. The number of thiophene rings is 1. The zero-order chi connectivity index (χ0) is 13.1. The van der Waals surface area contributed by atoms with E-state index in [2.05, 4.69) is 0 Å². The highest BCUT2D eigenvalue weighted by molar-refractivity contribution is 7.07. The summed E-state index contributed by atoms with van der Waals surface area (Å²) in [6.45, 7) is 0.561. The van der Waals surface area contributed by atoms with Gasteiger partial charge in [-0.15, -0.1) is 0 Å². The quantitative estimate of drug-likeness (QED) is 0.910. The smallest absolute Gasteiger partial charge is 0.307 e. The molecule has 1 aromatic rings. The molecular formula is C13H17NO3S. The van der Waals surface area contributed by atoms with Crippen LogP contribution in [-0.4, -0.2) is 28.9 Å². The van der Waals surface area contributed by atoms with Crippen LogP contribution in [0.5, 0.6) is 0 Å². The van der Waals surface area contributed by atoms with Gasteiger partial charge in [-0.05, 0) is 35.2 Å². The summed E-state index contributed by atoms with van der Waals surface area (Å²) in [7, 11) is 1.75. The molecule has 5 heteroatoms. The molecule has 1 fully saturated rings. The van der Waals surface area contributed by atoms with Gasteiger partial charge in [0.1, 0.15) is 0 Å². The third-order valence-electron chi connectivity index (χ3n) is 3.53. The molecule has 98 valence electrons. The highest BCUT2D eigenvalue weighted by atomic mass is 32.1. The Morgan fingerprint density at radius 3 is 2.78 bits per heavy atom. The standard InChI is InChI=1S/C13H17NO3S/c1-14(7-9-5-6-18-8-9)12(15)10-3-2-4-11(10)13(16)17/h5-6,8,10-11H,2-4,7H2,1H3,(H,16,17)/t10-,11+/m1/s1.